The summed E-state index contributed by atoms with van der Waals surface area (Å²) < 4.78 is 0. The van der Waals surface area contributed by atoms with Crippen LogP contribution in [0.2, 0.25) is 0 Å². The van der Waals surface area contributed by atoms with E-state index in [1.165, 1.54) is 51.5 Å². The average molecular weight is 239 g/mol. The predicted molar refractivity (Wildman–Crippen MR) is 77.2 cm³/mol. The van der Waals surface area contributed by atoms with Crippen LogP contribution >= 0.6 is 0 Å². The van der Waals surface area contributed by atoms with Crippen molar-refractivity contribution in [2.24, 2.45) is 23.7 Å². The van der Waals surface area contributed by atoms with Gasteiger partial charge in [-0.1, -0.05) is 46.5 Å². The van der Waals surface area contributed by atoms with Crippen LogP contribution in [0.25, 0.3) is 0 Å². The molecule has 4 atom stereocenters. The Bertz CT molecular complexity index is 190. The van der Waals surface area contributed by atoms with Gasteiger partial charge in [0.05, 0.1) is 0 Å². The van der Waals surface area contributed by atoms with Gasteiger partial charge in [0.2, 0.25) is 0 Å². The van der Waals surface area contributed by atoms with Crippen LogP contribution in [0.3, 0.4) is 0 Å². The van der Waals surface area contributed by atoms with E-state index in [2.05, 4.69) is 33.1 Å². The van der Waals surface area contributed by atoms with Gasteiger partial charge in [-0.2, -0.15) is 0 Å². The largest absolute Gasteiger partial charge is 0.319 e. The highest BCUT2D eigenvalue weighted by Gasteiger charge is 2.30. The lowest BCUT2D eigenvalue weighted by molar-refractivity contribution is 0.145. The summed E-state index contributed by atoms with van der Waals surface area (Å²) in [5, 5.41) is 3.41. The Labute approximate surface area is 109 Å². The highest BCUT2D eigenvalue weighted by Crippen LogP contribution is 2.39. The third kappa shape index (κ3) is 4.99. The van der Waals surface area contributed by atoms with E-state index in [0.717, 1.165) is 23.7 Å². The lowest BCUT2D eigenvalue weighted by Crippen LogP contribution is -2.32. The molecule has 1 aliphatic carbocycles. The van der Waals surface area contributed by atoms with E-state index in [0.29, 0.717) is 0 Å². The molecule has 0 heterocycles. The molecule has 1 N–H and O–H groups in total. The molecule has 0 aromatic heterocycles. The number of rotatable bonds is 7. The molecule has 1 rings (SSSR count). The second kappa shape index (κ2) is 8.13. The molecule has 0 spiro atoms. The van der Waals surface area contributed by atoms with Crippen molar-refractivity contribution in [3.63, 3.8) is 0 Å². The van der Waals surface area contributed by atoms with Crippen molar-refractivity contribution in [3.05, 3.63) is 0 Å². The fourth-order valence-electron chi connectivity index (χ4n) is 3.60. The molecular weight excluding hydrogens is 206 g/mol. The highest BCUT2D eigenvalue weighted by molar-refractivity contribution is 4.82. The normalized spacial score (nSPS) is 31.4. The molecule has 17 heavy (non-hydrogen) atoms. The highest BCUT2D eigenvalue weighted by atomic mass is 14.8. The lowest BCUT2D eigenvalue weighted by Gasteiger charge is -2.37. The van der Waals surface area contributed by atoms with Crippen LogP contribution in [0.15, 0.2) is 0 Å². The van der Waals surface area contributed by atoms with E-state index in [9.17, 15) is 0 Å². The number of hydrogen-bond donors (Lipinski definition) is 1. The summed E-state index contributed by atoms with van der Waals surface area (Å²) in [6, 6.07) is 0. The van der Waals surface area contributed by atoms with Crippen LogP contribution in [-0.2, 0) is 0 Å². The minimum Gasteiger partial charge on any atom is -0.319 e. The van der Waals surface area contributed by atoms with Crippen molar-refractivity contribution in [2.45, 2.75) is 65.7 Å². The van der Waals surface area contributed by atoms with Gasteiger partial charge in [0.15, 0.2) is 0 Å². The van der Waals surface area contributed by atoms with Gasteiger partial charge in [0.1, 0.15) is 0 Å². The molecule has 0 aromatic rings. The maximum Gasteiger partial charge on any atom is -0.00209 e. The van der Waals surface area contributed by atoms with Gasteiger partial charge < -0.3 is 5.32 Å². The summed E-state index contributed by atoms with van der Waals surface area (Å²) in [4.78, 5) is 0. The van der Waals surface area contributed by atoms with Crippen molar-refractivity contribution in [2.75, 3.05) is 13.6 Å². The summed E-state index contributed by atoms with van der Waals surface area (Å²) in [5.41, 5.74) is 0. The first-order valence-corrected chi connectivity index (χ1v) is 7.85. The molecule has 4 unspecified atom stereocenters. The van der Waals surface area contributed by atoms with Gasteiger partial charge in [-0.25, -0.2) is 0 Å². The molecule has 0 saturated heterocycles. The Hall–Kier alpha value is -0.0400. The minimum atomic E-state index is 0.916. The fraction of sp³-hybridized carbons (Fsp3) is 1.00. The maximum atomic E-state index is 3.41. The third-order valence-corrected chi connectivity index (χ3v) is 4.81. The number of nitrogens with one attached hydrogen (secondary N) is 1. The SMILES string of the molecule is CCCC1CCC(CNC)C(CC(C)CC)C1. The number of hydrogen-bond acceptors (Lipinski definition) is 1. The Kier molecular flexibility index (Phi) is 7.18. The van der Waals surface area contributed by atoms with E-state index in [-0.39, 0.29) is 0 Å². The first-order chi connectivity index (χ1) is 8.21. The molecule has 1 nitrogen and oxygen atoms in total. The zero-order valence-corrected chi connectivity index (χ0v) is 12.5. The first kappa shape index (κ1) is 15.0. The quantitative estimate of drug-likeness (QED) is 0.691. The molecule has 1 fully saturated rings. The summed E-state index contributed by atoms with van der Waals surface area (Å²) in [6.45, 7) is 8.34. The molecule has 0 bridgehead atoms. The molecule has 1 saturated carbocycles. The van der Waals surface area contributed by atoms with Crippen LogP contribution in [0.1, 0.15) is 65.7 Å². The lowest BCUT2D eigenvalue weighted by atomic mass is 9.69. The van der Waals surface area contributed by atoms with Crippen molar-refractivity contribution < 1.29 is 0 Å². The summed E-state index contributed by atoms with van der Waals surface area (Å²) in [5.74, 6) is 3.88. The van der Waals surface area contributed by atoms with Crippen LogP contribution in [0, 0.1) is 23.7 Å². The van der Waals surface area contributed by atoms with Crippen molar-refractivity contribution in [3.8, 4) is 0 Å². The maximum absolute atomic E-state index is 3.41. The molecule has 0 radical (unpaired) electrons. The van der Waals surface area contributed by atoms with Crippen LogP contribution in [0.5, 0.6) is 0 Å². The summed E-state index contributed by atoms with van der Waals surface area (Å²) in [7, 11) is 2.11. The van der Waals surface area contributed by atoms with E-state index >= 15 is 0 Å². The van der Waals surface area contributed by atoms with Crippen molar-refractivity contribution in [1.82, 2.24) is 5.32 Å². The van der Waals surface area contributed by atoms with E-state index in [1.54, 1.807) is 0 Å². The average Bonchev–Trinajstić information content (AvgIpc) is 2.33. The van der Waals surface area contributed by atoms with Crippen molar-refractivity contribution in [1.29, 1.82) is 0 Å². The van der Waals surface area contributed by atoms with Gasteiger partial charge in [0.25, 0.3) is 0 Å². The second-order valence-electron chi connectivity index (χ2n) is 6.29. The summed E-state index contributed by atoms with van der Waals surface area (Å²) >= 11 is 0. The Morgan fingerprint density at radius 2 is 1.94 bits per heavy atom. The third-order valence-electron chi connectivity index (χ3n) is 4.81. The van der Waals surface area contributed by atoms with Gasteiger partial charge in [-0.3, -0.25) is 0 Å². The van der Waals surface area contributed by atoms with E-state index < -0.39 is 0 Å². The molecule has 1 heteroatoms. The smallest absolute Gasteiger partial charge is 0.00209 e. The zero-order chi connectivity index (χ0) is 12.7. The van der Waals surface area contributed by atoms with Crippen LogP contribution < -0.4 is 5.32 Å². The fourth-order valence-corrected chi connectivity index (χ4v) is 3.60. The Morgan fingerprint density at radius 1 is 1.18 bits per heavy atom. The zero-order valence-electron chi connectivity index (χ0n) is 12.5. The van der Waals surface area contributed by atoms with Crippen molar-refractivity contribution >= 4 is 0 Å². The van der Waals surface area contributed by atoms with Gasteiger partial charge in [-0.15, -0.1) is 0 Å². The monoisotopic (exact) mass is 239 g/mol. The van der Waals surface area contributed by atoms with Gasteiger partial charge >= 0.3 is 0 Å². The molecule has 0 amide bonds. The Morgan fingerprint density at radius 3 is 2.53 bits per heavy atom. The standard InChI is InChI=1S/C16H33N/c1-5-7-14-8-9-15(12-17-4)16(11-14)10-13(3)6-2/h13-17H,5-12H2,1-4H3. The molecule has 0 aromatic carbocycles. The first-order valence-electron chi connectivity index (χ1n) is 7.85. The van der Waals surface area contributed by atoms with Crippen LogP contribution in [0.4, 0.5) is 0 Å². The molecule has 102 valence electrons. The Balaban J connectivity index is 2.49. The predicted octanol–water partition coefficient (Wildman–Crippen LogP) is 4.47. The van der Waals surface area contributed by atoms with Gasteiger partial charge in [-0.05, 0) is 56.5 Å². The van der Waals surface area contributed by atoms with E-state index in [1.807, 2.05) is 0 Å². The second-order valence-corrected chi connectivity index (χ2v) is 6.29. The van der Waals surface area contributed by atoms with Gasteiger partial charge in [0, 0.05) is 0 Å². The molecule has 1 aliphatic rings. The topological polar surface area (TPSA) is 12.0 Å². The minimum absolute atomic E-state index is 0.916. The van der Waals surface area contributed by atoms with Crippen LogP contribution in [-0.4, -0.2) is 13.6 Å². The summed E-state index contributed by atoms with van der Waals surface area (Å²) in [6.07, 6.45) is 10.1. The molecular formula is C16H33N. The molecule has 0 aliphatic heterocycles. The van der Waals surface area contributed by atoms with E-state index in [4.69, 9.17) is 0 Å².